The van der Waals surface area contributed by atoms with E-state index in [0.717, 1.165) is 6.42 Å². The van der Waals surface area contributed by atoms with Crippen molar-refractivity contribution in [3.8, 4) is 0 Å². The van der Waals surface area contributed by atoms with E-state index in [1.54, 1.807) is 0 Å². The lowest BCUT2D eigenvalue weighted by molar-refractivity contribution is 0.0598. The Labute approximate surface area is 110 Å². The van der Waals surface area contributed by atoms with Crippen molar-refractivity contribution in [2.24, 2.45) is 17.3 Å². The van der Waals surface area contributed by atoms with Crippen molar-refractivity contribution in [2.75, 3.05) is 19.0 Å². The Morgan fingerprint density at radius 1 is 1.24 bits per heavy atom. The van der Waals surface area contributed by atoms with E-state index in [4.69, 9.17) is 15.4 Å². The highest BCUT2D eigenvalue weighted by Crippen LogP contribution is 2.28. The summed E-state index contributed by atoms with van der Waals surface area (Å²) in [5.41, 5.74) is -0.125. The summed E-state index contributed by atoms with van der Waals surface area (Å²) in [4.78, 5) is 0. The Kier molecular flexibility index (Phi) is 7.04. The van der Waals surface area contributed by atoms with Gasteiger partial charge < -0.3 is 4.74 Å². The molecule has 0 radical (unpaired) electrons. The third-order valence-corrected chi connectivity index (χ3v) is 3.96. The van der Waals surface area contributed by atoms with Gasteiger partial charge in [-0.1, -0.05) is 34.6 Å². The molecule has 0 amide bonds. The van der Waals surface area contributed by atoms with Gasteiger partial charge in [0.15, 0.2) is 0 Å². The van der Waals surface area contributed by atoms with Crippen molar-refractivity contribution in [3.63, 3.8) is 0 Å². The molecule has 0 aromatic heterocycles. The highest BCUT2D eigenvalue weighted by atomic mass is 35.7. The van der Waals surface area contributed by atoms with E-state index in [1.165, 1.54) is 0 Å². The summed E-state index contributed by atoms with van der Waals surface area (Å²) in [5, 5.41) is 0. The van der Waals surface area contributed by atoms with Gasteiger partial charge in [-0.25, -0.2) is 8.42 Å². The summed E-state index contributed by atoms with van der Waals surface area (Å²) >= 11 is 0. The molecule has 0 saturated heterocycles. The molecule has 1 unspecified atom stereocenters. The number of rotatable bonds is 7. The van der Waals surface area contributed by atoms with Gasteiger partial charge in [-0.3, -0.25) is 0 Å². The van der Waals surface area contributed by atoms with Crippen LogP contribution in [0.4, 0.5) is 0 Å². The minimum Gasteiger partial charge on any atom is -0.381 e. The molecule has 0 N–H and O–H groups in total. The third kappa shape index (κ3) is 9.86. The van der Waals surface area contributed by atoms with Crippen LogP contribution >= 0.6 is 10.7 Å². The Bertz CT molecular complexity index is 304. The SMILES string of the molecule is CC(C)CCOCC(CS(=O)(=O)Cl)C(C)(C)C. The van der Waals surface area contributed by atoms with Crippen molar-refractivity contribution in [3.05, 3.63) is 0 Å². The fourth-order valence-corrected chi connectivity index (χ4v) is 2.87. The quantitative estimate of drug-likeness (QED) is 0.532. The van der Waals surface area contributed by atoms with Crippen LogP contribution < -0.4 is 0 Å². The average molecular weight is 285 g/mol. The lowest BCUT2D eigenvalue weighted by Gasteiger charge is -2.29. The van der Waals surface area contributed by atoms with Gasteiger partial charge in [0, 0.05) is 23.2 Å². The molecule has 3 nitrogen and oxygen atoms in total. The van der Waals surface area contributed by atoms with Gasteiger partial charge >= 0.3 is 0 Å². The molecular weight excluding hydrogens is 260 g/mol. The maximum absolute atomic E-state index is 11.1. The zero-order valence-corrected chi connectivity index (χ0v) is 13.1. The average Bonchev–Trinajstić information content (AvgIpc) is 2.06. The fraction of sp³-hybridized carbons (Fsp3) is 1.00. The molecule has 1 atom stereocenters. The summed E-state index contributed by atoms with van der Waals surface area (Å²) in [5.74, 6) is 0.497. The Morgan fingerprint density at radius 3 is 2.12 bits per heavy atom. The monoisotopic (exact) mass is 284 g/mol. The lowest BCUT2D eigenvalue weighted by atomic mass is 9.82. The standard InChI is InChI=1S/C12H25ClO3S/c1-10(2)6-7-16-8-11(12(3,4)5)9-17(13,14)15/h10-11H,6-9H2,1-5H3. The van der Waals surface area contributed by atoms with Crippen LogP contribution in [0.15, 0.2) is 0 Å². The van der Waals surface area contributed by atoms with E-state index in [-0.39, 0.29) is 17.1 Å². The first-order chi connectivity index (χ1) is 7.52. The van der Waals surface area contributed by atoms with Gasteiger partial charge in [0.1, 0.15) is 0 Å². The van der Waals surface area contributed by atoms with Crippen LogP contribution in [0.25, 0.3) is 0 Å². The number of hydrogen-bond donors (Lipinski definition) is 0. The minimum atomic E-state index is -3.47. The summed E-state index contributed by atoms with van der Waals surface area (Å²) in [6.07, 6.45) is 0.991. The Morgan fingerprint density at radius 2 is 1.76 bits per heavy atom. The molecule has 17 heavy (non-hydrogen) atoms. The molecule has 0 aliphatic carbocycles. The molecule has 0 rings (SSSR count). The van der Waals surface area contributed by atoms with Gasteiger partial charge in [-0.15, -0.1) is 0 Å². The topological polar surface area (TPSA) is 43.4 Å². The van der Waals surface area contributed by atoms with E-state index in [9.17, 15) is 8.42 Å². The first-order valence-electron chi connectivity index (χ1n) is 6.02. The van der Waals surface area contributed by atoms with Crippen molar-refractivity contribution in [2.45, 2.75) is 41.0 Å². The second kappa shape index (κ2) is 6.95. The van der Waals surface area contributed by atoms with Crippen LogP contribution in [0.1, 0.15) is 41.0 Å². The first-order valence-corrected chi connectivity index (χ1v) is 8.50. The second-order valence-electron chi connectivity index (χ2n) is 6.03. The molecular formula is C12H25ClO3S. The number of ether oxygens (including phenoxy) is 1. The zero-order chi connectivity index (χ0) is 13.7. The van der Waals surface area contributed by atoms with E-state index < -0.39 is 9.05 Å². The second-order valence-corrected chi connectivity index (χ2v) is 8.85. The summed E-state index contributed by atoms with van der Waals surface area (Å²) in [6, 6.07) is 0. The molecule has 0 heterocycles. The van der Waals surface area contributed by atoms with Crippen LogP contribution in [0.2, 0.25) is 0 Å². The highest BCUT2D eigenvalue weighted by Gasteiger charge is 2.29. The molecule has 0 aromatic rings. The van der Waals surface area contributed by atoms with Crippen LogP contribution in [-0.4, -0.2) is 27.4 Å². The Hall–Kier alpha value is 0.200. The highest BCUT2D eigenvalue weighted by molar-refractivity contribution is 8.13. The molecule has 0 spiro atoms. The maximum Gasteiger partial charge on any atom is 0.232 e. The summed E-state index contributed by atoms with van der Waals surface area (Å²) in [7, 11) is 1.85. The largest absolute Gasteiger partial charge is 0.381 e. The van der Waals surface area contributed by atoms with Gasteiger partial charge in [-0.2, -0.15) is 0 Å². The molecule has 0 aliphatic heterocycles. The smallest absolute Gasteiger partial charge is 0.232 e. The van der Waals surface area contributed by atoms with E-state index >= 15 is 0 Å². The predicted octanol–water partition coefficient (Wildman–Crippen LogP) is 3.28. The van der Waals surface area contributed by atoms with Crippen molar-refractivity contribution >= 4 is 19.7 Å². The van der Waals surface area contributed by atoms with Crippen LogP contribution in [-0.2, 0) is 13.8 Å². The van der Waals surface area contributed by atoms with Crippen molar-refractivity contribution in [1.29, 1.82) is 0 Å². The normalized spacial score (nSPS) is 15.2. The summed E-state index contributed by atoms with van der Waals surface area (Å²) in [6.45, 7) is 11.4. The molecule has 0 fully saturated rings. The lowest BCUT2D eigenvalue weighted by Crippen LogP contribution is -2.31. The molecule has 5 heteroatoms. The molecule has 0 saturated carbocycles. The minimum absolute atomic E-state index is 0.0280. The fourth-order valence-electron chi connectivity index (χ4n) is 1.33. The van der Waals surface area contributed by atoms with E-state index in [2.05, 4.69) is 13.8 Å². The van der Waals surface area contributed by atoms with Crippen LogP contribution in [0.5, 0.6) is 0 Å². The van der Waals surface area contributed by atoms with Gasteiger partial charge in [0.2, 0.25) is 9.05 Å². The van der Waals surface area contributed by atoms with Gasteiger partial charge in [-0.05, 0) is 17.8 Å². The predicted molar refractivity (Wildman–Crippen MR) is 72.9 cm³/mol. The third-order valence-electron chi connectivity index (χ3n) is 2.78. The molecule has 104 valence electrons. The Balaban J connectivity index is 4.23. The van der Waals surface area contributed by atoms with Gasteiger partial charge in [0.05, 0.1) is 12.4 Å². The van der Waals surface area contributed by atoms with Gasteiger partial charge in [0.25, 0.3) is 0 Å². The van der Waals surface area contributed by atoms with Crippen LogP contribution in [0.3, 0.4) is 0 Å². The zero-order valence-electron chi connectivity index (χ0n) is 11.5. The van der Waals surface area contributed by atoms with Crippen molar-refractivity contribution < 1.29 is 13.2 Å². The maximum atomic E-state index is 11.1. The number of halogens is 1. The van der Waals surface area contributed by atoms with Crippen molar-refractivity contribution in [1.82, 2.24) is 0 Å². The molecule has 0 aliphatic rings. The van der Waals surface area contributed by atoms with E-state index in [0.29, 0.717) is 19.1 Å². The van der Waals surface area contributed by atoms with Crippen LogP contribution in [0, 0.1) is 17.3 Å². The molecule has 0 aromatic carbocycles. The molecule has 0 bridgehead atoms. The van der Waals surface area contributed by atoms with E-state index in [1.807, 2.05) is 20.8 Å². The number of hydrogen-bond acceptors (Lipinski definition) is 3. The summed E-state index contributed by atoms with van der Waals surface area (Å²) < 4.78 is 27.8. The first kappa shape index (κ1) is 17.2.